The monoisotopic (exact) mass is 301 g/mol. The maximum absolute atomic E-state index is 3.94. The molecule has 20 heavy (non-hydrogen) atoms. The standard InChI is InChI=1S/C16H39N3Si/c1-8-14(9-2)17-20(7,18-15(10-3)11-4)19-16(12-5)13-6/h14-19H,8-13H2,1-7H3. The molecular weight excluding hydrogens is 262 g/mol. The van der Waals surface area contributed by atoms with E-state index >= 15 is 0 Å². The number of hydrogen-bond donors (Lipinski definition) is 3. The van der Waals surface area contributed by atoms with Crippen molar-refractivity contribution in [1.82, 2.24) is 14.9 Å². The summed E-state index contributed by atoms with van der Waals surface area (Å²) in [5.74, 6) is 0. The molecule has 122 valence electrons. The lowest BCUT2D eigenvalue weighted by Crippen LogP contribution is -2.75. The lowest BCUT2D eigenvalue weighted by Gasteiger charge is -2.39. The quantitative estimate of drug-likeness (QED) is 0.479. The van der Waals surface area contributed by atoms with Crippen LogP contribution in [0.4, 0.5) is 0 Å². The average Bonchev–Trinajstić information content (AvgIpc) is 2.48. The van der Waals surface area contributed by atoms with Crippen molar-refractivity contribution in [2.24, 2.45) is 0 Å². The summed E-state index contributed by atoms with van der Waals surface area (Å²) in [5.41, 5.74) is 0. The van der Waals surface area contributed by atoms with Gasteiger partial charge in [-0.15, -0.1) is 0 Å². The summed E-state index contributed by atoms with van der Waals surface area (Å²) in [5, 5.41) is 0. The van der Waals surface area contributed by atoms with Crippen molar-refractivity contribution < 1.29 is 0 Å². The van der Waals surface area contributed by atoms with Crippen molar-refractivity contribution >= 4 is 8.56 Å². The molecule has 3 nitrogen and oxygen atoms in total. The van der Waals surface area contributed by atoms with Gasteiger partial charge in [0.1, 0.15) is 0 Å². The van der Waals surface area contributed by atoms with Crippen LogP contribution in [0.25, 0.3) is 0 Å². The minimum atomic E-state index is -1.81. The van der Waals surface area contributed by atoms with E-state index in [-0.39, 0.29) is 0 Å². The fourth-order valence-electron chi connectivity index (χ4n) is 2.83. The van der Waals surface area contributed by atoms with E-state index in [1.807, 2.05) is 0 Å². The van der Waals surface area contributed by atoms with Gasteiger partial charge in [0.15, 0.2) is 0 Å². The summed E-state index contributed by atoms with van der Waals surface area (Å²) in [7, 11) is -1.81. The highest BCUT2D eigenvalue weighted by Gasteiger charge is 2.33. The fourth-order valence-corrected chi connectivity index (χ4v) is 6.75. The van der Waals surface area contributed by atoms with Gasteiger partial charge in [0, 0.05) is 18.1 Å². The summed E-state index contributed by atoms with van der Waals surface area (Å²) < 4.78 is 0. The topological polar surface area (TPSA) is 36.1 Å². The van der Waals surface area contributed by atoms with Crippen LogP contribution < -0.4 is 14.9 Å². The molecule has 0 amide bonds. The summed E-state index contributed by atoms with van der Waals surface area (Å²) in [6.45, 7) is 16.1. The van der Waals surface area contributed by atoms with E-state index in [4.69, 9.17) is 0 Å². The van der Waals surface area contributed by atoms with Crippen LogP contribution in [0, 0.1) is 0 Å². The molecule has 0 fully saturated rings. The Hall–Kier alpha value is 0.0969. The molecule has 3 N–H and O–H groups in total. The molecule has 0 aliphatic heterocycles. The van der Waals surface area contributed by atoms with Crippen LogP contribution in [0.2, 0.25) is 6.55 Å². The van der Waals surface area contributed by atoms with Crippen LogP contribution in [0.1, 0.15) is 80.1 Å². The molecule has 4 heteroatoms. The fraction of sp³-hybridized carbons (Fsp3) is 1.00. The second-order valence-corrected chi connectivity index (χ2v) is 9.21. The van der Waals surface area contributed by atoms with E-state index in [0.29, 0.717) is 18.1 Å². The molecule has 0 bridgehead atoms. The number of nitrogens with one attached hydrogen (secondary N) is 3. The third-order valence-electron chi connectivity index (χ3n) is 4.44. The molecule has 0 saturated carbocycles. The zero-order valence-corrected chi connectivity index (χ0v) is 16.0. The van der Waals surface area contributed by atoms with Gasteiger partial charge in [0.05, 0.1) is 0 Å². The third kappa shape index (κ3) is 7.20. The van der Waals surface area contributed by atoms with E-state index in [1.165, 1.54) is 38.5 Å². The molecule has 0 aliphatic rings. The van der Waals surface area contributed by atoms with E-state index in [0.717, 1.165) is 0 Å². The molecule has 0 aromatic carbocycles. The Morgan fingerprint density at radius 1 is 0.550 bits per heavy atom. The minimum Gasteiger partial charge on any atom is -0.311 e. The Kier molecular flexibility index (Phi) is 10.8. The summed E-state index contributed by atoms with van der Waals surface area (Å²) in [6, 6.07) is 1.86. The smallest absolute Gasteiger partial charge is 0.278 e. The van der Waals surface area contributed by atoms with Crippen molar-refractivity contribution in [3.63, 3.8) is 0 Å². The van der Waals surface area contributed by atoms with Gasteiger partial charge in [0.25, 0.3) is 8.56 Å². The highest BCUT2D eigenvalue weighted by atomic mass is 28.4. The first-order valence-corrected chi connectivity index (χ1v) is 11.3. The molecule has 0 aromatic rings. The number of hydrogen-bond acceptors (Lipinski definition) is 3. The van der Waals surface area contributed by atoms with Crippen LogP contribution in [-0.2, 0) is 0 Å². The lowest BCUT2D eigenvalue weighted by atomic mass is 10.2. The predicted octanol–water partition coefficient (Wildman–Crippen LogP) is 3.89. The van der Waals surface area contributed by atoms with Gasteiger partial charge in [-0.05, 0) is 45.1 Å². The highest BCUT2D eigenvalue weighted by Crippen LogP contribution is 2.08. The first kappa shape index (κ1) is 20.1. The molecule has 0 aliphatic carbocycles. The number of rotatable bonds is 12. The Labute approximate surface area is 128 Å². The highest BCUT2D eigenvalue weighted by molar-refractivity contribution is 6.71. The molecule has 0 saturated heterocycles. The van der Waals surface area contributed by atoms with Crippen LogP contribution in [-0.4, -0.2) is 26.7 Å². The largest absolute Gasteiger partial charge is 0.311 e. The summed E-state index contributed by atoms with van der Waals surface area (Å²) in [6.07, 6.45) is 7.22. The van der Waals surface area contributed by atoms with Crippen LogP contribution in [0.5, 0.6) is 0 Å². The van der Waals surface area contributed by atoms with E-state index in [9.17, 15) is 0 Å². The van der Waals surface area contributed by atoms with Crippen molar-refractivity contribution in [2.75, 3.05) is 0 Å². The Morgan fingerprint density at radius 2 is 0.750 bits per heavy atom. The van der Waals surface area contributed by atoms with Gasteiger partial charge in [-0.25, -0.2) is 0 Å². The Morgan fingerprint density at radius 3 is 0.900 bits per heavy atom. The summed E-state index contributed by atoms with van der Waals surface area (Å²) in [4.78, 5) is 11.8. The predicted molar refractivity (Wildman–Crippen MR) is 94.1 cm³/mol. The Bertz CT molecular complexity index is 188. The molecule has 0 spiro atoms. The van der Waals surface area contributed by atoms with Gasteiger partial charge in [-0.2, -0.15) is 0 Å². The molecular formula is C16H39N3Si. The normalized spacial score (nSPS) is 12.9. The molecule has 0 unspecified atom stereocenters. The first-order valence-electron chi connectivity index (χ1n) is 8.81. The minimum absolute atomic E-state index is 0.621. The average molecular weight is 302 g/mol. The second-order valence-electron chi connectivity index (χ2n) is 6.10. The van der Waals surface area contributed by atoms with Gasteiger partial charge in [0.2, 0.25) is 0 Å². The van der Waals surface area contributed by atoms with E-state index in [1.54, 1.807) is 0 Å². The van der Waals surface area contributed by atoms with Crippen molar-refractivity contribution in [2.45, 2.75) is 105 Å². The van der Waals surface area contributed by atoms with Gasteiger partial charge in [-0.3, -0.25) is 0 Å². The maximum Gasteiger partial charge on any atom is 0.278 e. The molecule has 0 aromatic heterocycles. The van der Waals surface area contributed by atoms with Crippen LogP contribution >= 0.6 is 0 Å². The third-order valence-corrected chi connectivity index (χ3v) is 7.39. The zero-order chi connectivity index (χ0) is 15.6. The molecule has 0 atom stereocenters. The van der Waals surface area contributed by atoms with Crippen molar-refractivity contribution in [3.05, 3.63) is 0 Å². The zero-order valence-electron chi connectivity index (χ0n) is 15.0. The summed E-state index contributed by atoms with van der Waals surface area (Å²) >= 11 is 0. The second kappa shape index (κ2) is 10.8. The van der Waals surface area contributed by atoms with Gasteiger partial charge < -0.3 is 14.9 Å². The SMILES string of the molecule is CCC(CC)N[Si](C)(NC(CC)CC)NC(CC)CC. The van der Waals surface area contributed by atoms with Crippen molar-refractivity contribution in [3.8, 4) is 0 Å². The molecule has 0 rings (SSSR count). The maximum atomic E-state index is 3.94. The lowest BCUT2D eigenvalue weighted by molar-refractivity contribution is 0.484. The van der Waals surface area contributed by atoms with Crippen LogP contribution in [0.15, 0.2) is 0 Å². The first-order chi connectivity index (χ1) is 9.48. The molecule has 0 radical (unpaired) electrons. The molecule has 0 heterocycles. The Balaban J connectivity index is 4.89. The van der Waals surface area contributed by atoms with E-state index in [2.05, 4.69) is 63.0 Å². The van der Waals surface area contributed by atoms with Crippen LogP contribution in [0.3, 0.4) is 0 Å². The van der Waals surface area contributed by atoms with Gasteiger partial charge in [-0.1, -0.05) is 41.5 Å². The van der Waals surface area contributed by atoms with E-state index < -0.39 is 8.56 Å². The van der Waals surface area contributed by atoms with Crippen molar-refractivity contribution in [1.29, 1.82) is 0 Å². The van der Waals surface area contributed by atoms with Gasteiger partial charge >= 0.3 is 0 Å².